The van der Waals surface area contributed by atoms with Crippen LogP contribution in [0.1, 0.15) is 11.3 Å². The number of nitrogens with zero attached hydrogens (tertiary/aromatic N) is 2. The van der Waals surface area contributed by atoms with Gasteiger partial charge in [0.2, 0.25) is 0 Å². The van der Waals surface area contributed by atoms with E-state index in [1.165, 1.54) is 0 Å². The summed E-state index contributed by atoms with van der Waals surface area (Å²) in [5.41, 5.74) is 8.90. The highest BCUT2D eigenvalue weighted by Crippen LogP contribution is 2.19. The largest absolute Gasteiger partial charge is 0.480 e. The molecule has 0 saturated carbocycles. The van der Waals surface area contributed by atoms with Crippen molar-refractivity contribution in [3.8, 4) is 5.75 Å². The molecular weight excluding hydrogens is 292 g/mol. The monoisotopic (exact) mass is 310 g/mol. The zero-order valence-corrected chi connectivity index (χ0v) is 12.8. The second-order valence-electron chi connectivity index (χ2n) is 5.24. The molecule has 6 nitrogen and oxygen atoms in total. The van der Waals surface area contributed by atoms with Crippen LogP contribution in [-0.4, -0.2) is 21.9 Å². The number of aromatic nitrogens is 2. The summed E-state index contributed by atoms with van der Waals surface area (Å²) in [5, 5.41) is 2.79. The van der Waals surface area contributed by atoms with Gasteiger partial charge in [0.05, 0.1) is 5.69 Å². The summed E-state index contributed by atoms with van der Waals surface area (Å²) < 4.78 is 7.43. The summed E-state index contributed by atoms with van der Waals surface area (Å²) in [6.45, 7) is 2.27. The van der Waals surface area contributed by atoms with Crippen molar-refractivity contribution in [1.29, 1.82) is 0 Å². The Bertz CT molecular complexity index is 824. The standard InChI is InChI=1S/C17H18N4O2/c1-12-4-6-13(7-5-12)19-16(22)11-23-15-3-2-8-21-10-14(9-18)20-17(15)21/h2-8,10H,9,11,18H2,1H3,(H,19,22). The van der Waals surface area contributed by atoms with Gasteiger partial charge in [0.25, 0.3) is 5.91 Å². The van der Waals surface area contributed by atoms with Gasteiger partial charge >= 0.3 is 0 Å². The van der Waals surface area contributed by atoms with Crippen LogP contribution in [0.2, 0.25) is 0 Å². The number of hydrogen-bond donors (Lipinski definition) is 2. The molecule has 6 heteroatoms. The number of pyridine rings is 1. The Balaban J connectivity index is 1.67. The summed E-state index contributed by atoms with van der Waals surface area (Å²) in [6, 6.07) is 11.2. The maximum absolute atomic E-state index is 12.0. The van der Waals surface area contributed by atoms with Crippen LogP contribution in [0.15, 0.2) is 48.8 Å². The van der Waals surface area contributed by atoms with Crippen LogP contribution >= 0.6 is 0 Å². The van der Waals surface area contributed by atoms with Gasteiger partial charge in [-0.1, -0.05) is 17.7 Å². The molecule has 1 aromatic carbocycles. The number of carbonyl (C=O) groups is 1. The van der Waals surface area contributed by atoms with E-state index in [4.69, 9.17) is 10.5 Å². The number of nitrogens with one attached hydrogen (secondary N) is 1. The van der Waals surface area contributed by atoms with Crippen molar-refractivity contribution >= 4 is 17.2 Å². The van der Waals surface area contributed by atoms with Gasteiger partial charge in [-0.15, -0.1) is 0 Å². The molecule has 0 aliphatic rings. The van der Waals surface area contributed by atoms with Gasteiger partial charge in [-0.05, 0) is 31.2 Å². The highest BCUT2D eigenvalue weighted by Gasteiger charge is 2.09. The van der Waals surface area contributed by atoms with Gasteiger partial charge in [0, 0.05) is 24.6 Å². The molecule has 2 aromatic heterocycles. The number of nitrogens with two attached hydrogens (primary N) is 1. The number of hydrogen-bond acceptors (Lipinski definition) is 4. The lowest BCUT2D eigenvalue weighted by Gasteiger charge is -2.08. The minimum atomic E-state index is -0.221. The van der Waals surface area contributed by atoms with E-state index < -0.39 is 0 Å². The number of ether oxygens (including phenoxy) is 1. The molecule has 0 unspecified atom stereocenters. The van der Waals surface area contributed by atoms with E-state index in [1.807, 2.05) is 54.0 Å². The van der Waals surface area contributed by atoms with Crippen LogP contribution in [0.4, 0.5) is 5.69 Å². The number of benzene rings is 1. The zero-order chi connectivity index (χ0) is 16.2. The third kappa shape index (κ3) is 3.49. The van der Waals surface area contributed by atoms with E-state index in [9.17, 15) is 4.79 Å². The van der Waals surface area contributed by atoms with Gasteiger partial charge in [0.15, 0.2) is 18.0 Å². The first-order chi connectivity index (χ1) is 11.2. The van der Waals surface area contributed by atoms with Crippen molar-refractivity contribution in [2.75, 3.05) is 11.9 Å². The van der Waals surface area contributed by atoms with E-state index in [0.29, 0.717) is 17.9 Å². The van der Waals surface area contributed by atoms with Crippen LogP contribution in [0.5, 0.6) is 5.75 Å². The SMILES string of the molecule is Cc1ccc(NC(=O)COc2cccn3cc(CN)nc23)cc1. The normalized spacial score (nSPS) is 10.7. The van der Waals surface area contributed by atoms with Crippen molar-refractivity contribution in [2.45, 2.75) is 13.5 Å². The van der Waals surface area contributed by atoms with E-state index in [-0.39, 0.29) is 12.5 Å². The number of fused-ring (bicyclic) bond motifs is 1. The fourth-order valence-electron chi connectivity index (χ4n) is 2.23. The Morgan fingerprint density at radius 2 is 2.09 bits per heavy atom. The molecule has 23 heavy (non-hydrogen) atoms. The van der Waals surface area contributed by atoms with Gasteiger partial charge in [0.1, 0.15) is 0 Å². The number of aryl methyl sites for hydroxylation is 1. The van der Waals surface area contributed by atoms with E-state index in [0.717, 1.165) is 16.9 Å². The average Bonchev–Trinajstić information content (AvgIpc) is 2.99. The molecule has 1 amide bonds. The summed E-state index contributed by atoms with van der Waals surface area (Å²) in [4.78, 5) is 16.4. The molecule has 0 bridgehead atoms. The van der Waals surface area contributed by atoms with Gasteiger partial charge in [-0.3, -0.25) is 4.79 Å². The molecule has 0 radical (unpaired) electrons. The topological polar surface area (TPSA) is 81.6 Å². The molecule has 0 atom stereocenters. The molecular formula is C17H18N4O2. The highest BCUT2D eigenvalue weighted by molar-refractivity contribution is 5.91. The smallest absolute Gasteiger partial charge is 0.262 e. The molecule has 0 aliphatic carbocycles. The fourth-order valence-corrected chi connectivity index (χ4v) is 2.23. The molecule has 0 fully saturated rings. The second kappa shape index (κ2) is 6.50. The fraction of sp³-hybridized carbons (Fsp3) is 0.176. The molecule has 3 N–H and O–H groups in total. The lowest BCUT2D eigenvalue weighted by molar-refractivity contribution is -0.118. The lowest BCUT2D eigenvalue weighted by atomic mass is 10.2. The van der Waals surface area contributed by atoms with Crippen LogP contribution in [0.3, 0.4) is 0 Å². The Morgan fingerprint density at radius 1 is 1.30 bits per heavy atom. The minimum Gasteiger partial charge on any atom is -0.480 e. The van der Waals surface area contributed by atoms with Crippen LogP contribution in [-0.2, 0) is 11.3 Å². The number of amides is 1. The maximum atomic E-state index is 12.0. The Hall–Kier alpha value is -2.86. The van der Waals surface area contributed by atoms with E-state index in [1.54, 1.807) is 6.07 Å². The van der Waals surface area contributed by atoms with Crippen LogP contribution in [0, 0.1) is 6.92 Å². The van der Waals surface area contributed by atoms with Crippen molar-refractivity contribution < 1.29 is 9.53 Å². The van der Waals surface area contributed by atoms with E-state index >= 15 is 0 Å². The molecule has 3 aromatic rings. The number of carbonyl (C=O) groups excluding carboxylic acids is 1. The van der Waals surface area contributed by atoms with Crippen molar-refractivity contribution in [3.05, 3.63) is 60.0 Å². The van der Waals surface area contributed by atoms with Gasteiger partial charge in [-0.2, -0.15) is 0 Å². The first kappa shape index (κ1) is 15.1. The molecule has 2 heterocycles. The first-order valence-electron chi connectivity index (χ1n) is 7.31. The van der Waals surface area contributed by atoms with Crippen molar-refractivity contribution in [2.24, 2.45) is 5.73 Å². The number of imidazole rings is 1. The summed E-state index contributed by atoms with van der Waals surface area (Å²) in [5.74, 6) is 0.327. The number of anilines is 1. The minimum absolute atomic E-state index is 0.0850. The predicted octanol–water partition coefficient (Wildman–Crippen LogP) is 2.12. The molecule has 0 saturated heterocycles. The summed E-state index contributed by atoms with van der Waals surface area (Å²) >= 11 is 0. The highest BCUT2D eigenvalue weighted by atomic mass is 16.5. The van der Waals surface area contributed by atoms with Crippen molar-refractivity contribution in [3.63, 3.8) is 0 Å². The van der Waals surface area contributed by atoms with Gasteiger partial charge in [-0.25, -0.2) is 4.98 Å². The second-order valence-corrected chi connectivity index (χ2v) is 5.24. The average molecular weight is 310 g/mol. The maximum Gasteiger partial charge on any atom is 0.262 e. The first-order valence-corrected chi connectivity index (χ1v) is 7.31. The third-order valence-corrected chi connectivity index (χ3v) is 3.40. The molecule has 118 valence electrons. The predicted molar refractivity (Wildman–Crippen MR) is 88.4 cm³/mol. The third-order valence-electron chi connectivity index (χ3n) is 3.40. The Kier molecular flexibility index (Phi) is 4.25. The number of rotatable bonds is 5. The molecule has 0 aliphatic heterocycles. The molecule has 0 spiro atoms. The zero-order valence-electron chi connectivity index (χ0n) is 12.8. The summed E-state index contributed by atoms with van der Waals surface area (Å²) in [6.07, 6.45) is 3.70. The Labute approximate surface area is 133 Å². The van der Waals surface area contributed by atoms with Crippen LogP contribution in [0.25, 0.3) is 5.65 Å². The van der Waals surface area contributed by atoms with Crippen LogP contribution < -0.4 is 15.8 Å². The summed E-state index contributed by atoms with van der Waals surface area (Å²) in [7, 11) is 0. The van der Waals surface area contributed by atoms with Gasteiger partial charge < -0.3 is 20.2 Å². The quantitative estimate of drug-likeness (QED) is 0.756. The van der Waals surface area contributed by atoms with E-state index in [2.05, 4.69) is 10.3 Å². The Morgan fingerprint density at radius 3 is 2.83 bits per heavy atom. The van der Waals surface area contributed by atoms with Crippen molar-refractivity contribution in [1.82, 2.24) is 9.38 Å². The lowest BCUT2D eigenvalue weighted by Crippen LogP contribution is -2.20. The molecule has 3 rings (SSSR count).